The summed E-state index contributed by atoms with van der Waals surface area (Å²) in [7, 11) is 0. The van der Waals surface area contributed by atoms with Crippen molar-refractivity contribution in [1.82, 2.24) is 20.2 Å². The fourth-order valence-corrected chi connectivity index (χ4v) is 2.55. The van der Waals surface area contributed by atoms with Crippen molar-refractivity contribution in [3.8, 4) is 0 Å². The average molecular weight is 326 g/mol. The van der Waals surface area contributed by atoms with E-state index in [0.717, 1.165) is 23.4 Å². The Kier molecular flexibility index (Phi) is 9.55. The van der Waals surface area contributed by atoms with Crippen LogP contribution in [-0.2, 0) is 0 Å². The Morgan fingerprint density at radius 3 is 2.36 bits per heavy atom. The number of anilines is 1. The van der Waals surface area contributed by atoms with Crippen LogP contribution in [-0.4, -0.2) is 26.7 Å². The van der Waals surface area contributed by atoms with Gasteiger partial charge in [-0.05, 0) is 6.42 Å². The Labute approximate surface area is 139 Å². The van der Waals surface area contributed by atoms with Crippen LogP contribution in [0.4, 0.5) is 5.82 Å². The van der Waals surface area contributed by atoms with Crippen molar-refractivity contribution in [2.75, 3.05) is 11.9 Å². The summed E-state index contributed by atoms with van der Waals surface area (Å²) in [4.78, 5) is 8.40. The molecule has 0 spiro atoms. The zero-order valence-corrected chi connectivity index (χ0v) is 14.3. The van der Waals surface area contributed by atoms with Gasteiger partial charge >= 0.3 is 0 Å². The molecule has 124 valence electrons. The lowest BCUT2D eigenvalue weighted by molar-refractivity contribution is 0.569. The summed E-state index contributed by atoms with van der Waals surface area (Å²) in [5, 5.41) is 11.2. The maximum absolute atomic E-state index is 4.27. The maximum Gasteiger partial charge on any atom is 0.160 e. The smallest absolute Gasteiger partial charge is 0.160 e. The standard InChI is InChI=1S/C16H27N5.ClH/c1-2-3-4-5-6-7-8-9-10-11-17-15-14-12-20-21-16(14)19-13-18-15;/h12-13H,2-11H2,1H3,(H2,17,18,19,20,21);1H. The molecule has 0 fully saturated rings. The molecule has 2 aromatic rings. The fourth-order valence-electron chi connectivity index (χ4n) is 2.55. The molecule has 2 N–H and O–H groups in total. The van der Waals surface area contributed by atoms with Crippen molar-refractivity contribution in [3.63, 3.8) is 0 Å². The molecule has 0 radical (unpaired) electrons. The van der Waals surface area contributed by atoms with Gasteiger partial charge in [-0.1, -0.05) is 58.3 Å². The number of fused-ring (bicyclic) bond motifs is 1. The Morgan fingerprint density at radius 1 is 0.955 bits per heavy atom. The lowest BCUT2D eigenvalue weighted by Crippen LogP contribution is -2.03. The molecule has 0 unspecified atom stereocenters. The molecule has 0 atom stereocenters. The second kappa shape index (κ2) is 11.2. The summed E-state index contributed by atoms with van der Waals surface area (Å²) < 4.78 is 0. The number of halogens is 1. The van der Waals surface area contributed by atoms with Gasteiger partial charge in [-0.3, -0.25) is 5.10 Å². The van der Waals surface area contributed by atoms with Crippen LogP contribution in [0.5, 0.6) is 0 Å². The first kappa shape index (κ1) is 18.7. The molecule has 2 rings (SSSR count). The summed E-state index contributed by atoms with van der Waals surface area (Å²) >= 11 is 0. The van der Waals surface area contributed by atoms with E-state index in [4.69, 9.17) is 0 Å². The van der Waals surface area contributed by atoms with Crippen molar-refractivity contribution < 1.29 is 0 Å². The Balaban J connectivity index is 0.00000242. The van der Waals surface area contributed by atoms with Crippen molar-refractivity contribution in [1.29, 1.82) is 0 Å². The number of hydrogen-bond donors (Lipinski definition) is 2. The van der Waals surface area contributed by atoms with Crippen LogP contribution in [0, 0.1) is 0 Å². The van der Waals surface area contributed by atoms with E-state index in [-0.39, 0.29) is 12.4 Å². The summed E-state index contributed by atoms with van der Waals surface area (Å²) in [6, 6.07) is 0. The van der Waals surface area contributed by atoms with Crippen LogP contribution in [0.25, 0.3) is 11.0 Å². The maximum atomic E-state index is 4.27. The molecule has 2 heterocycles. The minimum atomic E-state index is 0. The van der Waals surface area contributed by atoms with Crippen LogP contribution in [0.2, 0.25) is 0 Å². The first-order valence-electron chi connectivity index (χ1n) is 8.29. The molecule has 22 heavy (non-hydrogen) atoms. The molecular weight excluding hydrogens is 298 g/mol. The summed E-state index contributed by atoms with van der Waals surface area (Å²) in [6.45, 7) is 3.23. The van der Waals surface area contributed by atoms with E-state index < -0.39 is 0 Å². The molecule has 0 saturated carbocycles. The summed E-state index contributed by atoms with van der Waals surface area (Å²) in [5.41, 5.74) is 0.791. The molecule has 0 amide bonds. The van der Waals surface area contributed by atoms with E-state index in [1.807, 2.05) is 0 Å². The van der Waals surface area contributed by atoms with Crippen molar-refractivity contribution in [3.05, 3.63) is 12.5 Å². The van der Waals surface area contributed by atoms with E-state index in [0.29, 0.717) is 0 Å². The van der Waals surface area contributed by atoms with Gasteiger partial charge in [0.2, 0.25) is 0 Å². The highest BCUT2D eigenvalue weighted by atomic mass is 35.5. The summed E-state index contributed by atoms with van der Waals surface area (Å²) in [6.07, 6.45) is 15.5. The van der Waals surface area contributed by atoms with Crippen LogP contribution in [0.3, 0.4) is 0 Å². The van der Waals surface area contributed by atoms with E-state index in [9.17, 15) is 0 Å². The van der Waals surface area contributed by atoms with Gasteiger partial charge in [0.1, 0.15) is 12.1 Å². The number of nitrogens with one attached hydrogen (secondary N) is 2. The van der Waals surface area contributed by atoms with Gasteiger partial charge in [0, 0.05) is 6.54 Å². The zero-order valence-electron chi connectivity index (χ0n) is 13.5. The first-order chi connectivity index (χ1) is 10.4. The van der Waals surface area contributed by atoms with Crippen molar-refractivity contribution in [2.24, 2.45) is 0 Å². The summed E-state index contributed by atoms with van der Waals surface area (Å²) in [5.74, 6) is 0.883. The predicted molar refractivity (Wildman–Crippen MR) is 94.6 cm³/mol. The van der Waals surface area contributed by atoms with E-state index in [2.05, 4.69) is 32.4 Å². The predicted octanol–water partition coefficient (Wildman–Crippen LogP) is 4.72. The minimum Gasteiger partial charge on any atom is -0.369 e. The lowest BCUT2D eigenvalue weighted by Gasteiger charge is -2.06. The topological polar surface area (TPSA) is 66.5 Å². The zero-order chi connectivity index (χ0) is 14.8. The van der Waals surface area contributed by atoms with E-state index in [1.54, 1.807) is 12.5 Å². The quantitative estimate of drug-likeness (QED) is 0.587. The van der Waals surface area contributed by atoms with Gasteiger partial charge in [0.05, 0.1) is 11.6 Å². The monoisotopic (exact) mass is 325 g/mol. The lowest BCUT2D eigenvalue weighted by atomic mass is 10.1. The third-order valence-electron chi connectivity index (χ3n) is 3.82. The Hall–Kier alpha value is -1.36. The second-order valence-electron chi connectivity index (χ2n) is 5.61. The highest BCUT2D eigenvalue weighted by Gasteiger charge is 2.03. The van der Waals surface area contributed by atoms with Gasteiger partial charge in [-0.25, -0.2) is 9.97 Å². The number of nitrogens with zero attached hydrogens (tertiary/aromatic N) is 3. The Morgan fingerprint density at radius 2 is 1.64 bits per heavy atom. The van der Waals surface area contributed by atoms with E-state index >= 15 is 0 Å². The molecule has 0 aromatic carbocycles. The number of rotatable bonds is 11. The third kappa shape index (κ3) is 6.18. The number of aromatic nitrogens is 4. The normalized spacial score (nSPS) is 10.6. The molecule has 5 nitrogen and oxygen atoms in total. The molecule has 0 aliphatic carbocycles. The van der Waals surface area contributed by atoms with Gasteiger partial charge in [-0.2, -0.15) is 5.10 Å². The largest absolute Gasteiger partial charge is 0.369 e. The third-order valence-corrected chi connectivity index (χ3v) is 3.82. The molecule has 0 bridgehead atoms. The van der Waals surface area contributed by atoms with E-state index in [1.165, 1.54) is 57.8 Å². The average Bonchev–Trinajstić information content (AvgIpc) is 2.98. The number of unbranched alkanes of at least 4 members (excludes halogenated alkanes) is 8. The number of hydrogen-bond acceptors (Lipinski definition) is 4. The highest BCUT2D eigenvalue weighted by Crippen LogP contribution is 2.16. The van der Waals surface area contributed by atoms with Crippen LogP contribution < -0.4 is 5.32 Å². The van der Waals surface area contributed by atoms with Gasteiger partial charge in [0.25, 0.3) is 0 Å². The van der Waals surface area contributed by atoms with Crippen molar-refractivity contribution in [2.45, 2.75) is 64.7 Å². The first-order valence-corrected chi connectivity index (χ1v) is 8.29. The number of H-pyrrole nitrogens is 1. The minimum absolute atomic E-state index is 0. The molecular formula is C16H28ClN5. The van der Waals surface area contributed by atoms with Crippen LogP contribution in [0.1, 0.15) is 64.7 Å². The highest BCUT2D eigenvalue weighted by molar-refractivity contribution is 5.85. The van der Waals surface area contributed by atoms with Gasteiger partial charge in [0.15, 0.2) is 5.65 Å². The van der Waals surface area contributed by atoms with Gasteiger partial charge in [-0.15, -0.1) is 12.4 Å². The Bertz CT molecular complexity index is 514. The second-order valence-corrected chi connectivity index (χ2v) is 5.61. The molecule has 0 aliphatic heterocycles. The molecule has 0 saturated heterocycles. The fraction of sp³-hybridized carbons (Fsp3) is 0.688. The van der Waals surface area contributed by atoms with Crippen molar-refractivity contribution >= 4 is 29.3 Å². The van der Waals surface area contributed by atoms with Crippen LogP contribution in [0.15, 0.2) is 12.5 Å². The van der Waals surface area contributed by atoms with Crippen LogP contribution >= 0.6 is 12.4 Å². The molecule has 6 heteroatoms. The number of aromatic amines is 1. The van der Waals surface area contributed by atoms with Gasteiger partial charge < -0.3 is 5.32 Å². The molecule has 2 aromatic heterocycles. The molecule has 0 aliphatic rings. The SMILES string of the molecule is CCCCCCCCCCCNc1ncnc2[nH]ncc12.Cl.